The molecule has 0 fully saturated rings. The summed E-state index contributed by atoms with van der Waals surface area (Å²) in [6.45, 7) is 1.96. The fraction of sp³-hybridized carbons (Fsp3) is 0.417. The first kappa shape index (κ1) is 14.2. The number of esters is 1. The van der Waals surface area contributed by atoms with Crippen LogP contribution in [-0.2, 0) is 4.74 Å². The number of rotatable bonds is 4. The van der Waals surface area contributed by atoms with Gasteiger partial charge in [-0.2, -0.15) is 8.78 Å². The molecule has 0 radical (unpaired) electrons. The molecule has 100 valence electrons. The Hall–Kier alpha value is -1.85. The lowest BCUT2D eigenvalue weighted by Crippen LogP contribution is -2.13. The van der Waals surface area contributed by atoms with Crippen molar-refractivity contribution in [2.45, 2.75) is 27.4 Å². The molecule has 1 rings (SSSR count). The van der Waals surface area contributed by atoms with Gasteiger partial charge >= 0.3 is 12.6 Å². The molecule has 0 spiro atoms. The van der Waals surface area contributed by atoms with E-state index in [1.165, 1.54) is 13.0 Å². The van der Waals surface area contributed by atoms with Gasteiger partial charge < -0.3 is 15.2 Å². The highest BCUT2D eigenvalue weighted by atomic mass is 19.3. The van der Waals surface area contributed by atoms with E-state index < -0.39 is 12.6 Å². The molecule has 6 heteroatoms. The second kappa shape index (κ2) is 5.66. The van der Waals surface area contributed by atoms with Crippen LogP contribution >= 0.6 is 0 Å². The fourth-order valence-electron chi connectivity index (χ4n) is 1.59. The number of alkyl halides is 2. The standard InChI is InChI=1S/C12H15F2NO3/c1-4-17-11(16)9-7(3)8(18-12(13)14)5-6(2)10(9)15/h5,12H,4,15H2,1-3H3. The molecule has 18 heavy (non-hydrogen) atoms. The molecule has 0 saturated carbocycles. The second-order valence-corrected chi connectivity index (χ2v) is 3.70. The van der Waals surface area contributed by atoms with E-state index in [1.54, 1.807) is 13.8 Å². The first-order valence-electron chi connectivity index (χ1n) is 5.40. The van der Waals surface area contributed by atoms with Crippen molar-refractivity contribution >= 4 is 11.7 Å². The topological polar surface area (TPSA) is 61.5 Å². The van der Waals surface area contributed by atoms with Crippen LogP contribution in [-0.4, -0.2) is 19.2 Å². The molecule has 1 aromatic rings. The van der Waals surface area contributed by atoms with Crippen molar-refractivity contribution in [2.24, 2.45) is 0 Å². The fourth-order valence-corrected chi connectivity index (χ4v) is 1.59. The predicted octanol–water partition coefficient (Wildman–Crippen LogP) is 2.66. The molecule has 1 aromatic carbocycles. The summed E-state index contributed by atoms with van der Waals surface area (Å²) >= 11 is 0. The van der Waals surface area contributed by atoms with Gasteiger partial charge in [-0.15, -0.1) is 0 Å². The summed E-state index contributed by atoms with van der Waals surface area (Å²) in [6, 6.07) is 1.37. The number of carbonyl (C=O) groups excluding carboxylic acids is 1. The number of halogens is 2. The summed E-state index contributed by atoms with van der Waals surface area (Å²) < 4.78 is 33.7. The maximum Gasteiger partial charge on any atom is 0.387 e. The lowest BCUT2D eigenvalue weighted by atomic mass is 10.0. The van der Waals surface area contributed by atoms with Crippen molar-refractivity contribution in [3.05, 3.63) is 22.8 Å². The Morgan fingerprint density at radius 2 is 2.06 bits per heavy atom. The molecule has 0 atom stereocenters. The molecular formula is C12H15F2NO3. The van der Waals surface area contributed by atoms with Crippen LogP contribution in [0.5, 0.6) is 5.75 Å². The average molecular weight is 259 g/mol. The van der Waals surface area contributed by atoms with Crippen LogP contribution in [0.3, 0.4) is 0 Å². The molecule has 0 saturated heterocycles. The van der Waals surface area contributed by atoms with Crippen LogP contribution < -0.4 is 10.5 Å². The highest BCUT2D eigenvalue weighted by Gasteiger charge is 2.21. The first-order valence-corrected chi connectivity index (χ1v) is 5.40. The van der Waals surface area contributed by atoms with Gasteiger partial charge in [0, 0.05) is 11.3 Å². The van der Waals surface area contributed by atoms with Gasteiger partial charge in [-0.05, 0) is 32.4 Å². The Morgan fingerprint density at radius 1 is 1.44 bits per heavy atom. The minimum Gasteiger partial charge on any atom is -0.462 e. The van der Waals surface area contributed by atoms with Crippen LogP contribution in [0.4, 0.5) is 14.5 Å². The number of anilines is 1. The van der Waals surface area contributed by atoms with Crippen LogP contribution in [0.1, 0.15) is 28.4 Å². The minimum absolute atomic E-state index is 0.0697. The van der Waals surface area contributed by atoms with Crippen molar-refractivity contribution in [1.82, 2.24) is 0 Å². The number of nitrogens with two attached hydrogens (primary N) is 1. The van der Waals surface area contributed by atoms with Gasteiger partial charge in [0.2, 0.25) is 0 Å². The van der Waals surface area contributed by atoms with E-state index in [9.17, 15) is 13.6 Å². The van der Waals surface area contributed by atoms with Crippen molar-refractivity contribution in [3.63, 3.8) is 0 Å². The predicted molar refractivity (Wildman–Crippen MR) is 62.9 cm³/mol. The van der Waals surface area contributed by atoms with E-state index in [2.05, 4.69) is 4.74 Å². The molecule has 0 aliphatic rings. The maximum absolute atomic E-state index is 12.2. The van der Waals surface area contributed by atoms with Gasteiger partial charge in [-0.25, -0.2) is 4.79 Å². The van der Waals surface area contributed by atoms with E-state index >= 15 is 0 Å². The summed E-state index contributed by atoms with van der Waals surface area (Å²) in [5.74, 6) is -0.713. The molecule has 0 aromatic heterocycles. The quantitative estimate of drug-likeness (QED) is 0.667. The Balaban J connectivity index is 3.31. The Labute approximate surface area is 104 Å². The summed E-state index contributed by atoms with van der Waals surface area (Å²) in [5.41, 5.74) is 6.79. The van der Waals surface area contributed by atoms with Crippen molar-refractivity contribution < 1.29 is 23.0 Å². The average Bonchev–Trinajstić information content (AvgIpc) is 2.26. The second-order valence-electron chi connectivity index (χ2n) is 3.70. The van der Waals surface area contributed by atoms with Gasteiger partial charge in [-0.3, -0.25) is 0 Å². The molecule has 0 unspecified atom stereocenters. The molecule has 2 N–H and O–H groups in total. The summed E-state index contributed by atoms with van der Waals surface area (Å²) in [5, 5.41) is 0. The van der Waals surface area contributed by atoms with Gasteiger partial charge in [0.05, 0.1) is 12.2 Å². The van der Waals surface area contributed by atoms with Crippen LogP contribution in [0.15, 0.2) is 6.07 Å². The number of nitrogen functional groups attached to an aromatic ring is 1. The van der Waals surface area contributed by atoms with Crippen LogP contribution in [0.2, 0.25) is 0 Å². The van der Waals surface area contributed by atoms with Crippen molar-refractivity contribution in [3.8, 4) is 5.75 Å². The molecule has 0 aliphatic heterocycles. The smallest absolute Gasteiger partial charge is 0.387 e. The van der Waals surface area contributed by atoms with E-state index in [0.717, 1.165) is 0 Å². The molecule has 0 heterocycles. The number of hydrogen-bond donors (Lipinski definition) is 1. The Morgan fingerprint density at radius 3 is 2.56 bits per heavy atom. The van der Waals surface area contributed by atoms with Gasteiger partial charge in [0.15, 0.2) is 0 Å². The summed E-state index contributed by atoms with van der Waals surface area (Å²) in [6.07, 6.45) is 0. The zero-order chi connectivity index (χ0) is 13.9. The number of carbonyl (C=O) groups is 1. The molecule has 0 bridgehead atoms. The number of ether oxygens (including phenoxy) is 2. The zero-order valence-electron chi connectivity index (χ0n) is 10.4. The van der Waals surface area contributed by atoms with Gasteiger partial charge in [-0.1, -0.05) is 0 Å². The maximum atomic E-state index is 12.2. The number of aryl methyl sites for hydroxylation is 1. The lowest BCUT2D eigenvalue weighted by Gasteiger charge is -2.15. The highest BCUT2D eigenvalue weighted by molar-refractivity contribution is 5.98. The molecule has 0 aliphatic carbocycles. The number of hydrogen-bond acceptors (Lipinski definition) is 4. The van der Waals surface area contributed by atoms with E-state index in [-0.39, 0.29) is 29.2 Å². The third-order valence-electron chi connectivity index (χ3n) is 2.48. The summed E-state index contributed by atoms with van der Waals surface area (Å²) in [4.78, 5) is 11.7. The molecule has 4 nitrogen and oxygen atoms in total. The summed E-state index contributed by atoms with van der Waals surface area (Å²) in [7, 11) is 0. The first-order chi connectivity index (χ1) is 8.38. The number of benzene rings is 1. The van der Waals surface area contributed by atoms with Crippen molar-refractivity contribution in [1.29, 1.82) is 0 Å². The van der Waals surface area contributed by atoms with Gasteiger partial charge in [0.1, 0.15) is 5.75 Å². The largest absolute Gasteiger partial charge is 0.462 e. The van der Waals surface area contributed by atoms with Crippen LogP contribution in [0, 0.1) is 13.8 Å². The minimum atomic E-state index is -2.96. The van der Waals surface area contributed by atoms with Crippen LogP contribution in [0.25, 0.3) is 0 Å². The van der Waals surface area contributed by atoms with E-state index in [1.807, 2.05) is 0 Å². The van der Waals surface area contributed by atoms with Crippen molar-refractivity contribution in [2.75, 3.05) is 12.3 Å². The van der Waals surface area contributed by atoms with E-state index in [4.69, 9.17) is 10.5 Å². The molecule has 0 amide bonds. The lowest BCUT2D eigenvalue weighted by molar-refractivity contribution is -0.0504. The monoisotopic (exact) mass is 259 g/mol. The van der Waals surface area contributed by atoms with Gasteiger partial charge in [0.25, 0.3) is 0 Å². The highest BCUT2D eigenvalue weighted by Crippen LogP contribution is 2.31. The molecular weight excluding hydrogens is 244 g/mol. The Bertz CT molecular complexity index is 461. The Kier molecular flexibility index (Phi) is 4.47. The third kappa shape index (κ3) is 2.88. The normalized spacial score (nSPS) is 10.6. The van der Waals surface area contributed by atoms with E-state index in [0.29, 0.717) is 5.56 Å². The third-order valence-corrected chi connectivity index (χ3v) is 2.48. The SMILES string of the molecule is CCOC(=O)c1c(C)c(OC(F)F)cc(C)c1N. The zero-order valence-corrected chi connectivity index (χ0v) is 10.4.